The molecule has 2 rings (SSSR count). The highest BCUT2D eigenvalue weighted by Crippen LogP contribution is 2.33. The summed E-state index contributed by atoms with van der Waals surface area (Å²) < 4.78 is 5.37. The molecule has 1 aliphatic heterocycles. The van der Waals surface area contributed by atoms with E-state index in [4.69, 9.17) is 4.74 Å². The highest BCUT2D eigenvalue weighted by Gasteiger charge is 2.28. The monoisotopic (exact) mass is 248 g/mol. The molecule has 0 spiro atoms. The van der Waals surface area contributed by atoms with E-state index in [1.54, 1.807) is 0 Å². The zero-order valence-electron chi connectivity index (χ0n) is 11.7. The van der Waals surface area contributed by atoms with Gasteiger partial charge in [0.15, 0.2) is 0 Å². The topological polar surface area (TPSA) is 29.5 Å². The van der Waals surface area contributed by atoms with Gasteiger partial charge in [-0.05, 0) is 62.6 Å². The Morgan fingerprint density at radius 2 is 1.89 bits per heavy atom. The first-order chi connectivity index (χ1) is 8.49. The second-order valence-corrected chi connectivity index (χ2v) is 5.83. The molecule has 2 heteroatoms. The van der Waals surface area contributed by atoms with Crippen molar-refractivity contribution in [2.45, 2.75) is 45.6 Å². The summed E-state index contributed by atoms with van der Waals surface area (Å²) in [6.07, 6.45) is 2.97. The Bertz CT molecular complexity index is 404. The molecule has 1 saturated heterocycles. The van der Waals surface area contributed by atoms with Crippen molar-refractivity contribution < 1.29 is 9.84 Å². The SMILES string of the molecule is Cc1ccc(C(C)(O)CC2CCOCC2)cc1C. The average Bonchev–Trinajstić information content (AvgIpc) is 2.33. The molecule has 1 fully saturated rings. The Labute approximate surface area is 110 Å². The van der Waals surface area contributed by atoms with Crippen molar-refractivity contribution in [2.75, 3.05) is 13.2 Å². The van der Waals surface area contributed by atoms with E-state index < -0.39 is 5.60 Å². The zero-order valence-corrected chi connectivity index (χ0v) is 11.7. The van der Waals surface area contributed by atoms with E-state index in [1.165, 1.54) is 11.1 Å². The number of benzene rings is 1. The molecule has 1 atom stereocenters. The molecule has 0 radical (unpaired) electrons. The van der Waals surface area contributed by atoms with Crippen molar-refractivity contribution in [3.8, 4) is 0 Å². The van der Waals surface area contributed by atoms with Crippen LogP contribution in [0.5, 0.6) is 0 Å². The third kappa shape index (κ3) is 3.12. The van der Waals surface area contributed by atoms with Gasteiger partial charge in [0.05, 0.1) is 5.60 Å². The summed E-state index contributed by atoms with van der Waals surface area (Å²) in [6, 6.07) is 6.28. The van der Waals surface area contributed by atoms with Gasteiger partial charge in [-0.1, -0.05) is 18.2 Å². The number of ether oxygens (including phenoxy) is 1. The number of hydrogen-bond acceptors (Lipinski definition) is 2. The lowest BCUT2D eigenvalue weighted by atomic mass is 9.82. The van der Waals surface area contributed by atoms with E-state index in [0.29, 0.717) is 5.92 Å². The van der Waals surface area contributed by atoms with Crippen LogP contribution in [0.4, 0.5) is 0 Å². The van der Waals surface area contributed by atoms with E-state index >= 15 is 0 Å². The molecule has 1 unspecified atom stereocenters. The maximum absolute atomic E-state index is 10.7. The van der Waals surface area contributed by atoms with Crippen molar-refractivity contribution >= 4 is 0 Å². The van der Waals surface area contributed by atoms with E-state index in [0.717, 1.165) is 38.0 Å². The van der Waals surface area contributed by atoms with Crippen LogP contribution in [0.1, 0.15) is 42.9 Å². The lowest BCUT2D eigenvalue weighted by Crippen LogP contribution is -2.28. The number of rotatable bonds is 3. The van der Waals surface area contributed by atoms with E-state index in [-0.39, 0.29) is 0 Å². The molecule has 2 nitrogen and oxygen atoms in total. The first kappa shape index (κ1) is 13.6. The summed E-state index contributed by atoms with van der Waals surface area (Å²) in [5, 5.41) is 10.7. The lowest BCUT2D eigenvalue weighted by Gasteiger charge is -2.31. The van der Waals surface area contributed by atoms with E-state index in [1.807, 2.05) is 6.92 Å². The molecule has 0 saturated carbocycles. The quantitative estimate of drug-likeness (QED) is 0.889. The number of aryl methyl sites for hydroxylation is 2. The highest BCUT2D eigenvalue weighted by atomic mass is 16.5. The molecule has 0 amide bonds. The lowest BCUT2D eigenvalue weighted by molar-refractivity contribution is -0.00307. The van der Waals surface area contributed by atoms with Crippen LogP contribution in [0.25, 0.3) is 0 Å². The largest absolute Gasteiger partial charge is 0.385 e. The standard InChI is InChI=1S/C16H24O2/c1-12-4-5-15(10-13(12)2)16(3,17)11-14-6-8-18-9-7-14/h4-5,10,14,17H,6-9,11H2,1-3H3. The molecule has 1 aromatic rings. The molecule has 0 aliphatic carbocycles. The normalized spacial score (nSPS) is 20.7. The molecule has 0 aromatic heterocycles. The van der Waals surface area contributed by atoms with Gasteiger partial charge < -0.3 is 9.84 Å². The van der Waals surface area contributed by atoms with Crippen LogP contribution in [0, 0.1) is 19.8 Å². The molecule has 1 heterocycles. The zero-order chi connectivity index (χ0) is 13.2. The number of aliphatic hydroxyl groups is 1. The molecule has 1 aliphatic rings. The van der Waals surface area contributed by atoms with Gasteiger partial charge in [0.1, 0.15) is 0 Å². The van der Waals surface area contributed by atoms with Gasteiger partial charge in [-0.25, -0.2) is 0 Å². The van der Waals surface area contributed by atoms with Crippen LogP contribution in [0.3, 0.4) is 0 Å². The fourth-order valence-corrected chi connectivity index (χ4v) is 2.71. The number of hydrogen-bond donors (Lipinski definition) is 1. The predicted molar refractivity (Wildman–Crippen MR) is 73.6 cm³/mol. The minimum Gasteiger partial charge on any atom is -0.385 e. The van der Waals surface area contributed by atoms with Gasteiger partial charge in [-0.3, -0.25) is 0 Å². The van der Waals surface area contributed by atoms with Crippen LogP contribution in [-0.4, -0.2) is 18.3 Å². The van der Waals surface area contributed by atoms with Crippen LogP contribution < -0.4 is 0 Å². The molecule has 18 heavy (non-hydrogen) atoms. The van der Waals surface area contributed by atoms with Gasteiger partial charge >= 0.3 is 0 Å². The van der Waals surface area contributed by atoms with Crippen LogP contribution in [0.2, 0.25) is 0 Å². The maximum atomic E-state index is 10.7. The van der Waals surface area contributed by atoms with Crippen molar-refractivity contribution in [1.29, 1.82) is 0 Å². The van der Waals surface area contributed by atoms with Crippen molar-refractivity contribution in [2.24, 2.45) is 5.92 Å². The fraction of sp³-hybridized carbons (Fsp3) is 0.625. The Kier molecular flexibility index (Phi) is 4.08. The van der Waals surface area contributed by atoms with Gasteiger partial charge in [0.2, 0.25) is 0 Å². The minimum absolute atomic E-state index is 0.579. The molecule has 0 bridgehead atoms. The molecule has 1 N–H and O–H groups in total. The fourth-order valence-electron chi connectivity index (χ4n) is 2.71. The summed E-state index contributed by atoms with van der Waals surface area (Å²) in [7, 11) is 0. The second-order valence-electron chi connectivity index (χ2n) is 5.83. The second kappa shape index (κ2) is 5.41. The van der Waals surface area contributed by atoms with Crippen LogP contribution >= 0.6 is 0 Å². The van der Waals surface area contributed by atoms with Gasteiger partial charge in [0.25, 0.3) is 0 Å². The Balaban J connectivity index is 2.10. The van der Waals surface area contributed by atoms with E-state index in [2.05, 4.69) is 32.0 Å². The summed E-state index contributed by atoms with van der Waals surface area (Å²) in [4.78, 5) is 0. The van der Waals surface area contributed by atoms with Crippen molar-refractivity contribution in [1.82, 2.24) is 0 Å². The van der Waals surface area contributed by atoms with Crippen LogP contribution in [0.15, 0.2) is 18.2 Å². The van der Waals surface area contributed by atoms with Crippen LogP contribution in [-0.2, 0) is 10.3 Å². The smallest absolute Gasteiger partial charge is 0.0871 e. The summed E-state index contributed by atoms with van der Waals surface area (Å²) in [5.74, 6) is 0.579. The summed E-state index contributed by atoms with van der Waals surface area (Å²) in [6.45, 7) is 7.82. The first-order valence-electron chi connectivity index (χ1n) is 6.87. The molecular weight excluding hydrogens is 224 g/mol. The van der Waals surface area contributed by atoms with E-state index in [9.17, 15) is 5.11 Å². The highest BCUT2D eigenvalue weighted by molar-refractivity contribution is 5.33. The van der Waals surface area contributed by atoms with Crippen molar-refractivity contribution in [3.05, 3.63) is 34.9 Å². The third-order valence-corrected chi connectivity index (χ3v) is 4.16. The Hall–Kier alpha value is -0.860. The summed E-state index contributed by atoms with van der Waals surface area (Å²) >= 11 is 0. The Morgan fingerprint density at radius 3 is 2.50 bits per heavy atom. The van der Waals surface area contributed by atoms with Gasteiger partial charge in [-0.15, -0.1) is 0 Å². The molecule has 100 valence electrons. The molecule has 1 aromatic carbocycles. The predicted octanol–water partition coefficient (Wildman–Crippen LogP) is 3.33. The van der Waals surface area contributed by atoms with Gasteiger partial charge in [0, 0.05) is 13.2 Å². The average molecular weight is 248 g/mol. The summed E-state index contributed by atoms with van der Waals surface area (Å²) in [5.41, 5.74) is 2.85. The van der Waals surface area contributed by atoms with Crippen molar-refractivity contribution in [3.63, 3.8) is 0 Å². The third-order valence-electron chi connectivity index (χ3n) is 4.16. The van der Waals surface area contributed by atoms with Gasteiger partial charge in [-0.2, -0.15) is 0 Å². The minimum atomic E-state index is -0.722. The first-order valence-corrected chi connectivity index (χ1v) is 6.87. The Morgan fingerprint density at radius 1 is 1.22 bits per heavy atom. The molecular formula is C16H24O2. The maximum Gasteiger partial charge on any atom is 0.0871 e.